The second-order valence-corrected chi connectivity index (χ2v) is 5.20. The normalized spacial score (nSPS) is 26.3. The first-order valence-electron chi connectivity index (χ1n) is 5.86. The van der Waals surface area contributed by atoms with Gasteiger partial charge < -0.3 is 5.32 Å². The molecule has 2 rings (SSSR count). The van der Waals surface area contributed by atoms with Gasteiger partial charge in [0.25, 0.3) is 0 Å². The summed E-state index contributed by atoms with van der Waals surface area (Å²) in [5.41, 5.74) is 0.368. The van der Waals surface area contributed by atoms with E-state index in [1.54, 1.807) is 0 Å². The zero-order valence-corrected chi connectivity index (χ0v) is 9.05. The average Bonchev–Trinajstić information content (AvgIpc) is 2.80. The molecule has 0 amide bonds. The van der Waals surface area contributed by atoms with E-state index < -0.39 is 0 Å². The maximum absolute atomic E-state index is 8.70. The summed E-state index contributed by atoms with van der Waals surface area (Å²) < 4.78 is 0. The minimum Gasteiger partial charge on any atom is -0.313 e. The molecule has 2 aliphatic rings. The molecule has 1 unspecified atom stereocenters. The van der Waals surface area contributed by atoms with E-state index in [0.29, 0.717) is 11.5 Å². The van der Waals surface area contributed by atoms with Crippen molar-refractivity contribution in [2.75, 3.05) is 6.54 Å². The van der Waals surface area contributed by atoms with Crippen LogP contribution in [0.2, 0.25) is 0 Å². The Balaban J connectivity index is 1.69. The lowest BCUT2D eigenvalue weighted by Crippen LogP contribution is -2.40. The highest BCUT2D eigenvalue weighted by Gasteiger charge is 2.42. The van der Waals surface area contributed by atoms with E-state index >= 15 is 0 Å². The smallest absolute Gasteiger partial charge is 0.0628 e. The zero-order valence-electron chi connectivity index (χ0n) is 9.05. The number of hydrogen-bond acceptors (Lipinski definition) is 2. The number of hydrogen-bond donors (Lipinski definition) is 1. The van der Waals surface area contributed by atoms with Gasteiger partial charge in [-0.05, 0) is 43.9 Å². The molecule has 0 saturated heterocycles. The standard InChI is InChI=1S/C12H20N2/c1-10(11-3-2-4-11)14-9-12(5-6-12)7-8-13/h10-11,14H,2-7,9H2,1H3. The Labute approximate surface area is 86.7 Å². The molecule has 2 saturated carbocycles. The minimum atomic E-state index is 0.368. The first kappa shape index (κ1) is 9.98. The monoisotopic (exact) mass is 192 g/mol. The first-order chi connectivity index (χ1) is 6.76. The van der Waals surface area contributed by atoms with Gasteiger partial charge in [0.2, 0.25) is 0 Å². The molecular weight excluding hydrogens is 172 g/mol. The fourth-order valence-electron chi connectivity index (χ4n) is 2.24. The molecule has 78 valence electrons. The van der Waals surface area contributed by atoms with Crippen LogP contribution in [0.15, 0.2) is 0 Å². The molecule has 0 aromatic rings. The van der Waals surface area contributed by atoms with Gasteiger partial charge in [0.15, 0.2) is 0 Å². The van der Waals surface area contributed by atoms with Crippen LogP contribution in [0.1, 0.15) is 45.4 Å². The van der Waals surface area contributed by atoms with Gasteiger partial charge in [-0.1, -0.05) is 6.42 Å². The molecule has 0 radical (unpaired) electrons. The minimum absolute atomic E-state index is 0.368. The molecule has 2 fully saturated rings. The van der Waals surface area contributed by atoms with Crippen LogP contribution in [0.3, 0.4) is 0 Å². The van der Waals surface area contributed by atoms with Crippen LogP contribution in [0.25, 0.3) is 0 Å². The van der Waals surface area contributed by atoms with E-state index in [2.05, 4.69) is 18.3 Å². The number of rotatable bonds is 5. The molecular formula is C12H20N2. The molecule has 2 aliphatic carbocycles. The Bertz CT molecular complexity index is 233. The molecule has 0 aromatic carbocycles. The lowest BCUT2D eigenvalue weighted by atomic mass is 9.80. The first-order valence-corrected chi connectivity index (χ1v) is 5.86. The second-order valence-electron chi connectivity index (χ2n) is 5.20. The van der Waals surface area contributed by atoms with Crippen molar-refractivity contribution in [3.05, 3.63) is 0 Å². The van der Waals surface area contributed by atoms with E-state index in [1.807, 2.05) is 0 Å². The van der Waals surface area contributed by atoms with Crippen LogP contribution in [0.5, 0.6) is 0 Å². The Morgan fingerprint density at radius 3 is 2.64 bits per heavy atom. The summed E-state index contributed by atoms with van der Waals surface area (Å²) in [4.78, 5) is 0. The Hall–Kier alpha value is -0.550. The van der Waals surface area contributed by atoms with Crippen LogP contribution in [-0.2, 0) is 0 Å². The third-order valence-electron chi connectivity index (χ3n) is 4.07. The quantitative estimate of drug-likeness (QED) is 0.726. The lowest BCUT2D eigenvalue weighted by Gasteiger charge is -2.33. The summed E-state index contributed by atoms with van der Waals surface area (Å²) >= 11 is 0. The molecule has 0 bridgehead atoms. The number of nitrogens with one attached hydrogen (secondary N) is 1. The SMILES string of the molecule is CC(NCC1(CC#N)CC1)C1CCC1. The van der Waals surface area contributed by atoms with Crippen LogP contribution in [-0.4, -0.2) is 12.6 Å². The van der Waals surface area contributed by atoms with Gasteiger partial charge in [0.1, 0.15) is 0 Å². The molecule has 1 atom stereocenters. The van der Waals surface area contributed by atoms with Crippen molar-refractivity contribution in [1.29, 1.82) is 5.26 Å². The lowest BCUT2D eigenvalue weighted by molar-refractivity contribution is 0.231. The molecule has 2 heteroatoms. The van der Waals surface area contributed by atoms with Crippen LogP contribution < -0.4 is 5.32 Å². The van der Waals surface area contributed by atoms with Crippen LogP contribution in [0, 0.1) is 22.7 Å². The average molecular weight is 192 g/mol. The van der Waals surface area contributed by atoms with Crippen LogP contribution >= 0.6 is 0 Å². The van der Waals surface area contributed by atoms with Gasteiger partial charge in [-0.25, -0.2) is 0 Å². The Morgan fingerprint density at radius 1 is 1.50 bits per heavy atom. The topological polar surface area (TPSA) is 35.8 Å². The van der Waals surface area contributed by atoms with E-state index in [1.165, 1.54) is 32.1 Å². The van der Waals surface area contributed by atoms with Crippen molar-refractivity contribution >= 4 is 0 Å². The highest BCUT2D eigenvalue weighted by molar-refractivity contribution is 5.01. The van der Waals surface area contributed by atoms with E-state index in [4.69, 9.17) is 5.26 Å². The molecule has 0 aliphatic heterocycles. The summed E-state index contributed by atoms with van der Waals surface area (Å²) in [5.74, 6) is 0.910. The van der Waals surface area contributed by atoms with E-state index in [0.717, 1.165) is 18.9 Å². The number of nitriles is 1. The zero-order chi connectivity index (χ0) is 10.0. The highest BCUT2D eigenvalue weighted by atomic mass is 14.9. The largest absolute Gasteiger partial charge is 0.313 e. The molecule has 14 heavy (non-hydrogen) atoms. The fourth-order valence-corrected chi connectivity index (χ4v) is 2.24. The van der Waals surface area contributed by atoms with E-state index in [-0.39, 0.29) is 0 Å². The van der Waals surface area contributed by atoms with Crippen molar-refractivity contribution < 1.29 is 0 Å². The Kier molecular flexibility index (Phi) is 2.78. The van der Waals surface area contributed by atoms with Crippen molar-refractivity contribution in [2.45, 2.75) is 51.5 Å². The fraction of sp³-hybridized carbons (Fsp3) is 0.917. The van der Waals surface area contributed by atoms with E-state index in [9.17, 15) is 0 Å². The maximum Gasteiger partial charge on any atom is 0.0628 e. The summed E-state index contributed by atoms with van der Waals surface area (Å²) in [7, 11) is 0. The molecule has 1 N–H and O–H groups in total. The maximum atomic E-state index is 8.70. The molecule has 0 aromatic heterocycles. The molecule has 0 spiro atoms. The van der Waals surface area contributed by atoms with Crippen molar-refractivity contribution in [2.24, 2.45) is 11.3 Å². The van der Waals surface area contributed by atoms with Crippen LogP contribution in [0.4, 0.5) is 0 Å². The third kappa shape index (κ3) is 2.09. The van der Waals surface area contributed by atoms with Crippen molar-refractivity contribution in [3.63, 3.8) is 0 Å². The Morgan fingerprint density at radius 2 is 2.21 bits per heavy atom. The van der Waals surface area contributed by atoms with Gasteiger partial charge in [-0.2, -0.15) is 5.26 Å². The summed E-state index contributed by atoms with van der Waals surface area (Å²) in [6.07, 6.45) is 7.48. The summed E-state index contributed by atoms with van der Waals surface area (Å²) in [6, 6.07) is 2.98. The third-order valence-corrected chi connectivity index (χ3v) is 4.07. The van der Waals surface area contributed by atoms with Crippen molar-refractivity contribution in [1.82, 2.24) is 5.32 Å². The summed E-state index contributed by atoms with van der Waals surface area (Å²) in [6.45, 7) is 3.37. The predicted molar refractivity (Wildman–Crippen MR) is 56.7 cm³/mol. The van der Waals surface area contributed by atoms with Crippen molar-refractivity contribution in [3.8, 4) is 6.07 Å². The van der Waals surface area contributed by atoms with Gasteiger partial charge in [-0.15, -0.1) is 0 Å². The van der Waals surface area contributed by atoms with Gasteiger partial charge >= 0.3 is 0 Å². The van der Waals surface area contributed by atoms with Gasteiger partial charge in [0.05, 0.1) is 6.07 Å². The highest BCUT2D eigenvalue weighted by Crippen LogP contribution is 2.48. The molecule has 0 heterocycles. The van der Waals surface area contributed by atoms with Gasteiger partial charge in [-0.3, -0.25) is 0 Å². The second kappa shape index (κ2) is 3.90. The molecule has 2 nitrogen and oxygen atoms in total. The predicted octanol–water partition coefficient (Wildman–Crippen LogP) is 2.46. The number of nitrogens with zero attached hydrogens (tertiary/aromatic N) is 1. The van der Waals surface area contributed by atoms with Gasteiger partial charge in [0, 0.05) is 19.0 Å². The summed E-state index contributed by atoms with van der Waals surface area (Å²) in [5, 5.41) is 12.3.